The van der Waals surface area contributed by atoms with E-state index in [-0.39, 0.29) is 13.2 Å². The van der Waals surface area contributed by atoms with Gasteiger partial charge in [-0.15, -0.1) is 0 Å². The number of rotatable bonds is 7. The monoisotopic (exact) mass is 206 g/mol. The highest BCUT2D eigenvalue weighted by atomic mass is 16.4. The number of nitrogens with two attached hydrogens (primary N) is 1. The molecule has 0 saturated carbocycles. The molecule has 0 aliphatic rings. The van der Waals surface area contributed by atoms with Gasteiger partial charge in [-0.25, -0.2) is 0 Å². The number of hydrogen-bond donors (Lipinski definition) is 5. The van der Waals surface area contributed by atoms with Gasteiger partial charge in [-0.05, 0) is 0 Å². The minimum Gasteiger partial charge on any atom is -0.481 e. The fourth-order valence-electron chi connectivity index (χ4n) is 0.780. The molecule has 0 aromatic heterocycles. The Morgan fingerprint density at radius 1 is 1.36 bits per heavy atom. The van der Waals surface area contributed by atoms with Gasteiger partial charge < -0.3 is 26.4 Å². The predicted molar refractivity (Wildman–Crippen MR) is 46.7 cm³/mol. The van der Waals surface area contributed by atoms with Crippen LogP contribution < -0.4 is 11.1 Å². The number of hydrogen-bond acceptors (Lipinski definition) is 5. The summed E-state index contributed by atoms with van der Waals surface area (Å²) in [5.41, 5.74) is 5.30. The van der Waals surface area contributed by atoms with Crippen molar-refractivity contribution in [2.24, 2.45) is 5.73 Å². The van der Waals surface area contributed by atoms with E-state index in [4.69, 9.17) is 21.1 Å². The van der Waals surface area contributed by atoms with E-state index in [0.29, 0.717) is 0 Å². The average molecular weight is 206 g/mol. The maximum atomic E-state index is 10.5. The lowest BCUT2D eigenvalue weighted by Crippen LogP contribution is -2.45. The highest BCUT2D eigenvalue weighted by Gasteiger charge is 2.20. The van der Waals surface area contributed by atoms with E-state index >= 15 is 0 Å². The van der Waals surface area contributed by atoms with E-state index in [0.717, 1.165) is 0 Å². The SMILES string of the molecule is NC(CO)CN[C@H](CC(=O)O)C(=O)O. The smallest absolute Gasteiger partial charge is 0.321 e. The van der Waals surface area contributed by atoms with E-state index in [1.807, 2.05) is 0 Å². The van der Waals surface area contributed by atoms with Crippen molar-refractivity contribution in [3.05, 3.63) is 0 Å². The van der Waals surface area contributed by atoms with E-state index in [2.05, 4.69) is 5.32 Å². The molecule has 0 fully saturated rings. The first-order valence-electron chi connectivity index (χ1n) is 4.01. The minimum absolute atomic E-state index is 0.0563. The molecule has 0 radical (unpaired) electrons. The lowest BCUT2D eigenvalue weighted by atomic mass is 10.2. The van der Waals surface area contributed by atoms with Crippen LogP contribution in [0.3, 0.4) is 0 Å². The molecule has 0 bridgehead atoms. The van der Waals surface area contributed by atoms with Crippen LogP contribution in [0.2, 0.25) is 0 Å². The molecule has 0 saturated heterocycles. The average Bonchev–Trinajstić information content (AvgIpc) is 2.10. The van der Waals surface area contributed by atoms with E-state index in [1.54, 1.807) is 0 Å². The Morgan fingerprint density at radius 3 is 2.29 bits per heavy atom. The van der Waals surface area contributed by atoms with Crippen LogP contribution in [0.15, 0.2) is 0 Å². The van der Waals surface area contributed by atoms with Crippen LogP contribution in [0.5, 0.6) is 0 Å². The Morgan fingerprint density at radius 2 is 1.93 bits per heavy atom. The molecule has 6 N–H and O–H groups in total. The first-order valence-corrected chi connectivity index (χ1v) is 4.01. The lowest BCUT2D eigenvalue weighted by Gasteiger charge is -2.14. The zero-order valence-electron chi connectivity index (χ0n) is 7.51. The molecule has 0 rings (SSSR count). The normalized spacial score (nSPS) is 14.7. The molecule has 7 nitrogen and oxygen atoms in total. The Balaban J connectivity index is 3.97. The predicted octanol–water partition coefficient (Wildman–Crippen LogP) is -2.18. The van der Waals surface area contributed by atoms with Gasteiger partial charge >= 0.3 is 11.9 Å². The molecule has 0 aliphatic heterocycles. The van der Waals surface area contributed by atoms with Crippen molar-refractivity contribution in [2.75, 3.05) is 13.2 Å². The maximum Gasteiger partial charge on any atom is 0.321 e. The summed E-state index contributed by atoms with van der Waals surface area (Å²) in [6, 6.07) is -1.77. The molecule has 0 aromatic carbocycles. The number of carboxylic acids is 2. The molecule has 1 unspecified atom stereocenters. The van der Waals surface area contributed by atoms with Crippen LogP contribution in [-0.2, 0) is 9.59 Å². The molecule has 0 spiro atoms. The highest BCUT2D eigenvalue weighted by Crippen LogP contribution is 1.92. The summed E-state index contributed by atoms with van der Waals surface area (Å²) in [5, 5.41) is 27.9. The second-order valence-electron chi connectivity index (χ2n) is 2.84. The standard InChI is InChI=1S/C7H14N2O5/c8-4(3-10)2-9-5(7(13)14)1-6(11)12/h4-5,9-10H,1-3,8H2,(H,11,12)(H,13,14)/t4?,5-/m1/s1. The summed E-state index contributed by atoms with van der Waals surface area (Å²) in [7, 11) is 0. The van der Waals surface area contributed by atoms with Gasteiger partial charge in [0.15, 0.2) is 0 Å². The highest BCUT2D eigenvalue weighted by molar-refractivity contribution is 5.80. The molecule has 0 aromatic rings. The van der Waals surface area contributed by atoms with E-state index in [1.165, 1.54) is 0 Å². The zero-order valence-corrected chi connectivity index (χ0v) is 7.51. The van der Waals surface area contributed by atoms with Crippen molar-refractivity contribution in [3.63, 3.8) is 0 Å². The molecule has 0 aliphatic carbocycles. The Labute approximate surface area is 80.5 Å². The summed E-state index contributed by atoms with van der Waals surface area (Å²) < 4.78 is 0. The van der Waals surface area contributed by atoms with Gasteiger partial charge in [0, 0.05) is 12.6 Å². The first kappa shape index (κ1) is 12.8. The molecular formula is C7H14N2O5. The summed E-state index contributed by atoms with van der Waals surface area (Å²) in [5.74, 6) is -2.46. The number of aliphatic carboxylic acids is 2. The van der Waals surface area contributed by atoms with Gasteiger partial charge in [-0.3, -0.25) is 9.59 Å². The van der Waals surface area contributed by atoms with Gasteiger partial charge in [0.1, 0.15) is 6.04 Å². The van der Waals surface area contributed by atoms with Crippen molar-refractivity contribution >= 4 is 11.9 Å². The summed E-state index contributed by atoms with van der Waals surface area (Å²) >= 11 is 0. The minimum atomic E-state index is -1.25. The fourth-order valence-corrected chi connectivity index (χ4v) is 0.780. The first-order chi connectivity index (χ1) is 6.47. The van der Waals surface area contributed by atoms with Crippen molar-refractivity contribution in [2.45, 2.75) is 18.5 Å². The van der Waals surface area contributed by atoms with Gasteiger partial charge in [0.25, 0.3) is 0 Å². The molecule has 7 heteroatoms. The molecular weight excluding hydrogens is 192 g/mol. The summed E-state index contributed by atoms with van der Waals surface area (Å²) in [6.07, 6.45) is -0.520. The third-order valence-electron chi connectivity index (χ3n) is 1.54. The van der Waals surface area contributed by atoms with Crippen LogP contribution in [0.1, 0.15) is 6.42 Å². The van der Waals surface area contributed by atoms with Crippen LogP contribution in [0.25, 0.3) is 0 Å². The zero-order chi connectivity index (χ0) is 11.1. The van der Waals surface area contributed by atoms with E-state index in [9.17, 15) is 9.59 Å². The number of carboxylic acid groups (broad SMARTS) is 2. The Hall–Kier alpha value is -1.18. The van der Waals surface area contributed by atoms with Gasteiger partial charge in [-0.1, -0.05) is 0 Å². The lowest BCUT2D eigenvalue weighted by molar-refractivity contribution is -0.145. The Bertz CT molecular complexity index is 208. The van der Waals surface area contributed by atoms with Crippen molar-refractivity contribution in [1.82, 2.24) is 5.32 Å². The van der Waals surface area contributed by atoms with Crippen LogP contribution >= 0.6 is 0 Å². The largest absolute Gasteiger partial charge is 0.481 e. The van der Waals surface area contributed by atoms with Gasteiger partial charge in [0.2, 0.25) is 0 Å². The molecule has 2 atom stereocenters. The quantitative estimate of drug-likeness (QED) is 0.320. The second-order valence-corrected chi connectivity index (χ2v) is 2.84. The molecule has 0 heterocycles. The van der Waals surface area contributed by atoms with Crippen molar-refractivity contribution < 1.29 is 24.9 Å². The number of aliphatic hydroxyl groups excluding tert-OH is 1. The maximum absolute atomic E-state index is 10.5. The summed E-state index contributed by atoms with van der Waals surface area (Å²) in [6.45, 7) is -0.229. The fraction of sp³-hybridized carbons (Fsp3) is 0.714. The number of nitrogens with one attached hydrogen (secondary N) is 1. The molecule has 82 valence electrons. The van der Waals surface area contributed by atoms with E-state index < -0.39 is 30.4 Å². The second kappa shape index (κ2) is 6.30. The van der Waals surface area contributed by atoms with Gasteiger partial charge in [-0.2, -0.15) is 0 Å². The van der Waals surface area contributed by atoms with Crippen LogP contribution in [0, 0.1) is 0 Å². The van der Waals surface area contributed by atoms with Crippen LogP contribution in [0.4, 0.5) is 0 Å². The third kappa shape index (κ3) is 5.46. The van der Waals surface area contributed by atoms with Gasteiger partial charge in [0.05, 0.1) is 13.0 Å². The topological polar surface area (TPSA) is 133 Å². The number of carbonyl (C=O) groups is 2. The van der Waals surface area contributed by atoms with Crippen molar-refractivity contribution in [3.8, 4) is 0 Å². The summed E-state index contributed by atoms with van der Waals surface area (Å²) in [4.78, 5) is 20.8. The van der Waals surface area contributed by atoms with Crippen molar-refractivity contribution in [1.29, 1.82) is 0 Å². The number of aliphatic hydroxyl groups is 1. The molecule has 14 heavy (non-hydrogen) atoms. The Kier molecular flexibility index (Phi) is 5.77. The third-order valence-corrected chi connectivity index (χ3v) is 1.54. The van der Waals surface area contributed by atoms with Crippen LogP contribution in [-0.4, -0.2) is 52.5 Å². The molecule has 0 amide bonds.